The normalized spacial score (nSPS) is 16.8. The molecule has 1 aromatic carbocycles. The van der Waals surface area contributed by atoms with Gasteiger partial charge in [0.2, 0.25) is 11.8 Å². The molecule has 0 saturated carbocycles. The van der Waals surface area contributed by atoms with Crippen molar-refractivity contribution >= 4 is 11.8 Å². The van der Waals surface area contributed by atoms with Crippen molar-refractivity contribution in [3.8, 4) is 0 Å². The Hall–Kier alpha value is -2.69. The van der Waals surface area contributed by atoms with Crippen LogP contribution in [-0.4, -0.2) is 41.3 Å². The summed E-state index contributed by atoms with van der Waals surface area (Å²) < 4.78 is 0. The Labute approximate surface area is 160 Å². The van der Waals surface area contributed by atoms with E-state index >= 15 is 0 Å². The second kappa shape index (κ2) is 8.80. The summed E-state index contributed by atoms with van der Waals surface area (Å²) in [6, 6.07) is 14.7. The van der Waals surface area contributed by atoms with Crippen LogP contribution in [0, 0.1) is 6.92 Å². The molecule has 2 amide bonds. The molecule has 27 heavy (non-hydrogen) atoms. The fraction of sp³-hybridized carbons (Fsp3) is 0.409. The maximum absolute atomic E-state index is 12.3. The number of pyridine rings is 1. The summed E-state index contributed by atoms with van der Waals surface area (Å²) in [4.78, 5) is 30.0. The molecule has 1 aliphatic rings. The smallest absolute Gasteiger partial charge is 0.241 e. The monoisotopic (exact) mass is 365 g/mol. The molecule has 3 rings (SSSR count). The molecule has 1 saturated heterocycles. The minimum atomic E-state index is -0.178. The summed E-state index contributed by atoms with van der Waals surface area (Å²) in [5, 5.41) is 2.60. The largest absolute Gasteiger partial charge is 0.347 e. The van der Waals surface area contributed by atoms with Crippen LogP contribution in [0.2, 0.25) is 0 Å². The van der Waals surface area contributed by atoms with E-state index in [4.69, 9.17) is 4.98 Å². The molecule has 1 atom stereocenters. The van der Waals surface area contributed by atoms with E-state index in [-0.39, 0.29) is 24.3 Å². The number of carbonyl (C=O) groups is 2. The quantitative estimate of drug-likeness (QED) is 0.886. The van der Waals surface area contributed by atoms with Crippen molar-refractivity contribution in [3.05, 3.63) is 65.0 Å². The standard InChI is InChI=1S/C22H27N3O2/c1-16-11-19(12-18-7-4-3-5-8-18)13-21(24-16)20-9-6-10-25(15-20)22(27)14-23-17(2)26/h3-5,7-8,11,13,20H,6,9-10,12,14-15H2,1-2H3,(H,23,26)/t20-/m0/s1. The van der Waals surface area contributed by atoms with E-state index in [9.17, 15) is 9.59 Å². The molecule has 142 valence electrons. The number of aryl methyl sites for hydroxylation is 1. The Morgan fingerprint density at radius 3 is 2.70 bits per heavy atom. The van der Waals surface area contributed by atoms with Gasteiger partial charge in [0, 0.05) is 37.3 Å². The predicted molar refractivity (Wildman–Crippen MR) is 105 cm³/mol. The van der Waals surface area contributed by atoms with Gasteiger partial charge >= 0.3 is 0 Å². The van der Waals surface area contributed by atoms with Crippen LogP contribution in [0.5, 0.6) is 0 Å². The number of likely N-dealkylation sites (tertiary alicyclic amines) is 1. The predicted octanol–water partition coefficient (Wildman–Crippen LogP) is 2.82. The fourth-order valence-corrected chi connectivity index (χ4v) is 3.67. The minimum absolute atomic E-state index is 0.0212. The molecule has 2 heterocycles. The number of amides is 2. The lowest BCUT2D eigenvalue weighted by molar-refractivity contribution is -0.133. The number of nitrogens with zero attached hydrogens (tertiary/aromatic N) is 2. The minimum Gasteiger partial charge on any atom is -0.347 e. The van der Waals surface area contributed by atoms with Gasteiger partial charge in [0.05, 0.1) is 6.54 Å². The van der Waals surface area contributed by atoms with Gasteiger partial charge in [-0.3, -0.25) is 14.6 Å². The summed E-state index contributed by atoms with van der Waals surface area (Å²) in [7, 11) is 0. The maximum atomic E-state index is 12.3. The Bertz CT molecular complexity index is 804. The van der Waals surface area contributed by atoms with Crippen molar-refractivity contribution in [1.29, 1.82) is 0 Å². The zero-order valence-corrected chi connectivity index (χ0v) is 16.1. The molecular weight excluding hydrogens is 338 g/mol. The summed E-state index contributed by atoms with van der Waals surface area (Å²) in [5.74, 6) is 0.0457. The Morgan fingerprint density at radius 2 is 1.96 bits per heavy atom. The summed E-state index contributed by atoms with van der Waals surface area (Å²) >= 11 is 0. The molecule has 0 unspecified atom stereocenters. The third-order valence-electron chi connectivity index (χ3n) is 4.97. The van der Waals surface area contributed by atoms with Gasteiger partial charge < -0.3 is 10.2 Å². The first-order chi connectivity index (χ1) is 13.0. The molecule has 1 fully saturated rings. The van der Waals surface area contributed by atoms with Crippen LogP contribution < -0.4 is 5.32 Å². The van der Waals surface area contributed by atoms with Crippen LogP contribution in [0.1, 0.15) is 48.2 Å². The SMILES string of the molecule is CC(=O)NCC(=O)N1CCC[C@H](c2cc(Cc3ccccc3)cc(C)n2)C1. The van der Waals surface area contributed by atoms with Crippen molar-refractivity contribution < 1.29 is 9.59 Å². The number of benzene rings is 1. The number of nitrogens with one attached hydrogen (secondary N) is 1. The van der Waals surface area contributed by atoms with E-state index in [0.717, 1.165) is 37.2 Å². The first kappa shape index (κ1) is 19.1. The highest BCUT2D eigenvalue weighted by atomic mass is 16.2. The zero-order chi connectivity index (χ0) is 19.2. The van der Waals surface area contributed by atoms with Crippen LogP contribution in [0.15, 0.2) is 42.5 Å². The molecule has 0 radical (unpaired) electrons. The van der Waals surface area contributed by atoms with Crippen LogP contribution >= 0.6 is 0 Å². The van der Waals surface area contributed by atoms with Gasteiger partial charge in [0.25, 0.3) is 0 Å². The van der Waals surface area contributed by atoms with Gasteiger partial charge in [-0.25, -0.2) is 0 Å². The van der Waals surface area contributed by atoms with Crippen LogP contribution in [0.3, 0.4) is 0 Å². The number of piperidine rings is 1. The topological polar surface area (TPSA) is 62.3 Å². The molecule has 5 nitrogen and oxygen atoms in total. The van der Waals surface area contributed by atoms with Crippen molar-refractivity contribution in [3.63, 3.8) is 0 Å². The van der Waals surface area contributed by atoms with Gasteiger partial charge in [-0.1, -0.05) is 30.3 Å². The highest BCUT2D eigenvalue weighted by Gasteiger charge is 2.26. The zero-order valence-electron chi connectivity index (χ0n) is 16.1. The van der Waals surface area contributed by atoms with Crippen LogP contribution in [0.4, 0.5) is 0 Å². The van der Waals surface area contributed by atoms with Gasteiger partial charge in [-0.05, 0) is 49.4 Å². The molecule has 1 N–H and O–H groups in total. The summed E-state index contributed by atoms with van der Waals surface area (Å²) in [6.45, 7) is 4.94. The lowest BCUT2D eigenvalue weighted by atomic mass is 9.92. The molecule has 1 aromatic heterocycles. The molecule has 0 spiro atoms. The Morgan fingerprint density at radius 1 is 1.19 bits per heavy atom. The molecule has 2 aromatic rings. The number of hydrogen-bond donors (Lipinski definition) is 1. The average molecular weight is 365 g/mol. The van der Waals surface area contributed by atoms with Crippen LogP contribution in [-0.2, 0) is 16.0 Å². The van der Waals surface area contributed by atoms with Crippen molar-refractivity contribution in [2.45, 2.75) is 39.0 Å². The van der Waals surface area contributed by atoms with Crippen molar-refractivity contribution in [2.24, 2.45) is 0 Å². The van der Waals surface area contributed by atoms with E-state index in [1.54, 1.807) is 0 Å². The lowest BCUT2D eigenvalue weighted by Crippen LogP contribution is -2.44. The van der Waals surface area contributed by atoms with E-state index in [0.29, 0.717) is 6.54 Å². The maximum Gasteiger partial charge on any atom is 0.241 e. The average Bonchev–Trinajstić information content (AvgIpc) is 2.66. The first-order valence-corrected chi connectivity index (χ1v) is 9.55. The molecular formula is C22H27N3O2. The van der Waals surface area contributed by atoms with Crippen LogP contribution in [0.25, 0.3) is 0 Å². The van der Waals surface area contributed by atoms with E-state index < -0.39 is 0 Å². The van der Waals surface area contributed by atoms with E-state index in [1.807, 2.05) is 17.9 Å². The highest BCUT2D eigenvalue weighted by molar-refractivity contribution is 5.83. The van der Waals surface area contributed by atoms with Crippen molar-refractivity contribution in [2.75, 3.05) is 19.6 Å². The second-order valence-corrected chi connectivity index (χ2v) is 7.29. The fourth-order valence-electron chi connectivity index (χ4n) is 3.67. The van der Waals surface area contributed by atoms with Gasteiger partial charge in [-0.2, -0.15) is 0 Å². The number of carbonyl (C=O) groups excluding carboxylic acids is 2. The van der Waals surface area contributed by atoms with E-state index in [1.165, 1.54) is 18.1 Å². The van der Waals surface area contributed by atoms with Gasteiger partial charge in [-0.15, -0.1) is 0 Å². The molecule has 1 aliphatic heterocycles. The Kier molecular flexibility index (Phi) is 6.22. The number of hydrogen-bond acceptors (Lipinski definition) is 3. The van der Waals surface area contributed by atoms with Crippen molar-refractivity contribution in [1.82, 2.24) is 15.2 Å². The molecule has 0 bridgehead atoms. The Balaban J connectivity index is 1.71. The highest BCUT2D eigenvalue weighted by Crippen LogP contribution is 2.27. The third-order valence-corrected chi connectivity index (χ3v) is 4.97. The van der Waals surface area contributed by atoms with Gasteiger partial charge in [0.1, 0.15) is 0 Å². The molecule has 5 heteroatoms. The number of rotatable bonds is 5. The summed E-state index contributed by atoms with van der Waals surface area (Å²) in [5.41, 5.74) is 4.62. The van der Waals surface area contributed by atoms with Gasteiger partial charge in [0.15, 0.2) is 0 Å². The first-order valence-electron chi connectivity index (χ1n) is 9.55. The second-order valence-electron chi connectivity index (χ2n) is 7.29. The number of aromatic nitrogens is 1. The third kappa shape index (κ3) is 5.39. The summed E-state index contributed by atoms with van der Waals surface area (Å²) in [6.07, 6.45) is 2.88. The lowest BCUT2D eigenvalue weighted by Gasteiger charge is -2.33. The molecule has 0 aliphatic carbocycles. The van der Waals surface area contributed by atoms with E-state index in [2.05, 4.69) is 41.7 Å².